The molecule has 0 amide bonds. The second kappa shape index (κ2) is 10.4. The van der Waals surface area contributed by atoms with Gasteiger partial charge in [-0.05, 0) is 43.5 Å². The predicted octanol–water partition coefficient (Wildman–Crippen LogP) is 3.38. The van der Waals surface area contributed by atoms with Crippen LogP contribution in [0.25, 0.3) is 0 Å². The van der Waals surface area contributed by atoms with Crippen LogP contribution in [0, 0.1) is 0 Å². The Morgan fingerprint density at radius 1 is 1.13 bits per heavy atom. The van der Waals surface area contributed by atoms with Crippen molar-refractivity contribution in [2.24, 2.45) is 12.0 Å². The first-order chi connectivity index (χ1) is 14.2. The molecule has 1 aliphatic carbocycles. The Morgan fingerprint density at radius 3 is 2.60 bits per heavy atom. The van der Waals surface area contributed by atoms with Crippen molar-refractivity contribution in [3.8, 4) is 11.5 Å². The Hall–Kier alpha value is -1.97. The van der Waals surface area contributed by atoms with Crippen LogP contribution < -0.4 is 20.1 Å². The molecule has 1 aromatic heterocycles. The smallest absolute Gasteiger partial charge is 0.191 e. The number of hydrogen-bond acceptors (Lipinski definition) is 4. The zero-order valence-corrected chi connectivity index (χ0v) is 20.1. The molecule has 1 saturated carbocycles. The van der Waals surface area contributed by atoms with E-state index in [2.05, 4.69) is 40.9 Å². The number of ether oxygens (including phenoxy) is 2. The van der Waals surface area contributed by atoms with Crippen LogP contribution in [0.3, 0.4) is 0 Å². The number of aliphatic imine (C=N–C) groups is 1. The number of rotatable bonds is 6. The molecule has 4 rings (SSSR count). The highest BCUT2D eigenvalue weighted by molar-refractivity contribution is 14.0. The van der Waals surface area contributed by atoms with Gasteiger partial charge in [-0.3, -0.25) is 4.68 Å². The van der Waals surface area contributed by atoms with Gasteiger partial charge in [-0.2, -0.15) is 5.10 Å². The van der Waals surface area contributed by atoms with Crippen molar-refractivity contribution in [3.05, 3.63) is 41.7 Å². The topological polar surface area (TPSA) is 72.7 Å². The summed E-state index contributed by atoms with van der Waals surface area (Å²) >= 11 is 0. The van der Waals surface area contributed by atoms with Crippen LogP contribution in [0.1, 0.15) is 43.9 Å². The normalized spacial score (nSPS) is 17.3. The second-order valence-corrected chi connectivity index (χ2v) is 7.84. The number of guanidine groups is 1. The lowest BCUT2D eigenvalue weighted by Crippen LogP contribution is -2.44. The second-order valence-electron chi connectivity index (χ2n) is 7.84. The molecule has 2 aromatic rings. The number of benzene rings is 1. The molecule has 7 nitrogen and oxygen atoms in total. The molecule has 0 radical (unpaired) electrons. The summed E-state index contributed by atoms with van der Waals surface area (Å²) in [7, 11) is 1.95. The summed E-state index contributed by atoms with van der Waals surface area (Å²) in [5, 5.41) is 11.2. The lowest BCUT2D eigenvalue weighted by molar-refractivity contribution is 0.171. The molecule has 0 saturated heterocycles. The molecule has 0 spiro atoms. The Morgan fingerprint density at radius 2 is 1.90 bits per heavy atom. The van der Waals surface area contributed by atoms with E-state index in [1.165, 1.54) is 31.2 Å². The van der Waals surface area contributed by atoms with E-state index in [4.69, 9.17) is 14.5 Å². The summed E-state index contributed by atoms with van der Waals surface area (Å²) in [4.78, 5) is 4.76. The molecule has 0 unspecified atom stereocenters. The molecule has 2 N–H and O–H groups in total. The molecule has 1 fully saturated rings. The number of nitrogens with zero attached hydrogens (tertiary/aromatic N) is 3. The first-order valence-electron chi connectivity index (χ1n) is 10.6. The van der Waals surface area contributed by atoms with Gasteiger partial charge in [0.1, 0.15) is 13.2 Å². The van der Waals surface area contributed by atoms with E-state index in [-0.39, 0.29) is 29.4 Å². The first-order valence-corrected chi connectivity index (χ1v) is 10.6. The Labute approximate surface area is 195 Å². The van der Waals surface area contributed by atoms with Crippen molar-refractivity contribution in [2.75, 3.05) is 26.3 Å². The molecule has 2 aliphatic rings. The Kier molecular flexibility index (Phi) is 7.85. The zero-order chi connectivity index (χ0) is 20.1. The molecule has 30 heavy (non-hydrogen) atoms. The largest absolute Gasteiger partial charge is 0.486 e. The van der Waals surface area contributed by atoms with E-state index < -0.39 is 0 Å². The molecular weight excluding hydrogens is 493 g/mol. The third-order valence-electron chi connectivity index (χ3n) is 5.98. The minimum absolute atomic E-state index is 0. The van der Waals surface area contributed by atoms with Crippen molar-refractivity contribution in [2.45, 2.75) is 44.6 Å². The van der Waals surface area contributed by atoms with Crippen molar-refractivity contribution < 1.29 is 9.47 Å². The Balaban J connectivity index is 0.00000256. The average molecular weight is 525 g/mol. The number of aromatic nitrogens is 2. The highest BCUT2D eigenvalue weighted by atomic mass is 127. The van der Waals surface area contributed by atoms with Crippen LogP contribution in [0.5, 0.6) is 11.5 Å². The maximum absolute atomic E-state index is 5.83. The highest BCUT2D eigenvalue weighted by Crippen LogP contribution is 2.43. The van der Waals surface area contributed by atoms with Gasteiger partial charge in [0.05, 0.1) is 12.2 Å². The number of halogens is 1. The molecule has 8 heteroatoms. The van der Waals surface area contributed by atoms with Gasteiger partial charge in [-0.15, -0.1) is 24.0 Å². The molecule has 1 aliphatic heterocycles. The first kappa shape index (κ1) is 22.7. The monoisotopic (exact) mass is 525 g/mol. The van der Waals surface area contributed by atoms with Gasteiger partial charge >= 0.3 is 0 Å². The lowest BCUT2D eigenvalue weighted by atomic mass is 9.78. The summed E-state index contributed by atoms with van der Waals surface area (Å²) in [6, 6.07) is 8.45. The summed E-state index contributed by atoms with van der Waals surface area (Å²) in [6.07, 6.45) is 6.64. The van der Waals surface area contributed by atoms with Crippen molar-refractivity contribution in [1.29, 1.82) is 0 Å². The third kappa shape index (κ3) is 5.01. The summed E-state index contributed by atoms with van der Waals surface area (Å²) in [5.74, 6) is 2.57. The van der Waals surface area contributed by atoms with Crippen molar-refractivity contribution in [3.63, 3.8) is 0 Å². The maximum atomic E-state index is 5.83. The van der Waals surface area contributed by atoms with Gasteiger partial charge in [0.15, 0.2) is 17.5 Å². The molecular formula is C22H32IN5O2. The quantitative estimate of drug-likeness (QED) is 0.344. The standard InChI is InChI=1S/C22H31N5O2.HI/c1-3-23-21(24-15-18-8-11-26-27(18)2)25-16-22(9-4-5-10-22)17-6-7-19-20(14-17)29-13-12-28-19;/h6-8,11,14H,3-5,9-10,12-13,15-16H2,1-2H3,(H2,23,24,25);1H. The van der Waals surface area contributed by atoms with Gasteiger partial charge < -0.3 is 20.1 Å². The van der Waals surface area contributed by atoms with Crippen molar-refractivity contribution in [1.82, 2.24) is 20.4 Å². The summed E-state index contributed by atoms with van der Waals surface area (Å²) < 4.78 is 13.4. The molecule has 0 bridgehead atoms. The fourth-order valence-electron chi connectivity index (χ4n) is 4.30. The average Bonchev–Trinajstić information content (AvgIpc) is 3.39. The van der Waals surface area contributed by atoms with Crippen LogP contribution in [0.4, 0.5) is 0 Å². The van der Waals surface area contributed by atoms with E-state index >= 15 is 0 Å². The molecule has 2 heterocycles. The Bertz CT molecular complexity index is 861. The maximum Gasteiger partial charge on any atom is 0.191 e. The highest BCUT2D eigenvalue weighted by Gasteiger charge is 2.36. The predicted molar refractivity (Wildman–Crippen MR) is 129 cm³/mol. The fourth-order valence-corrected chi connectivity index (χ4v) is 4.30. The minimum Gasteiger partial charge on any atom is -0.486 e. The van der Waals surface area contributed by atoms with Gasteiger partial charge in [0, 0.05) is 31.7 Å². The number of hydrogen-bond donors (Lipinski definition) is 2. The van der Waals surface area contributed by atoms with Crippen LogP contribution in [0.15, 0.2) is 35.5 Å². The number of nitrogens with one attached hydrogen (secondary N) is 2. The van der Waals surface area contributed by atoms with E-state index in [0.717, 1.165) is 36.2 Å². The van der Waals surface area contributed by atoms with E-state index in [0.29, 0.717) is 19.8 Å². The van der Waals surface area contributed by atoms with Gasteiger partial charge in [-0.1, -0.05) is 18.9 Å². The van der Waals surface area contributed by atoms with Gasteiger partial charge in [0.25, 0.3) is 0 Å². The molecule has 1 aromatic carbocycles. The lowest BCUT2D eigenvalue weighted by Gasteiger charge is -2.32. The summed E-state index contributed by atoms with van der Waals surface area (Å²) in [5.41, 5.74) is 2.51. The van der Waals surface area contributed by atoms with Crippen molar-refractivity contribution >= 4 is 29.9 Å². The minimum atomic E-state index is 0. The van der Waals surface area contributed by atoms with E-state index in [9.17, 15) is 0 Å². The molecule has 164 valence electrons. The van der Waals surface area contributed by atoms with Crippen LogP contribution in [-0.2, 0) is 19.0 Å². The molecule has 0 atom stereocenters. The van der Waals surface area contributed by atoms with Crippen LogP contribution in [0.2, 0.25) is 0 Å². The zero-order valence-electron chi connectivity index (χ0n) is 17.8. The van der Waals surface area contributed by atoms with E-state index in [1.54, 1.807) is 6.20 Å². The van der Waals surface area contributed by atoms with E-state index in [1.807, 2.05) is 17.8 Å². The third-order valence-corrected chi connectivity index (χ3v) is 5.98. The number of fused-ring (bicyclic) bond motifs is 1. The van der Waals surface area contributed by atoms with Crippen LogP contribution >= 0.6 is 24.0 Å². The summed E-state index contributed by atoms with van der Waals surface area (Å²) in [6.45, 7) is 5.61. The SMILES string of the molecule is CCNC(=NCc1ccnn1C)NCC1(c2ccc3c(c2)OCCO3)CCCC1.I. The van der Waals surface area contributed by atoms with Crippen LogP contribution in [-0.4, -0.2) is 42.0 Å². The fraction of sp³-hybridized carbons (Fsp3) is 0.545. The van der Waals surface area contributed by atoms with Gasteiger partial charge in [0.2, 0.25) is 0 Å². The number of aryl methyl sites for hydroxylation is 1. The van der Waals surface area contributed by atoms with Gasteiger partial charge in [-0.25, -0.2) is 4.99 Å².